The zero-order chi connectivity index (χ0) is 15.6. The molecule has 2 aromatic heterocycles. The first kappa shape index (κ1) is 14.7. The number of likely N-dealkylation sites (tertiary alicyclic amines) is 1. The standard InChI is InChI=1S/C18H24N4O/c23-18(17-20-15-9-4-10-19-16(15)21-17)22-11-5-8-14(12-22)13-6-2-1-3-7-13/h4,9-10,13-14H,1-3,5-8,11-12H2,(H,19,20,21)/t14-/m0/s1. The summed E-state index contributed by atoms with van der Waals surface area (Å²) in [6.07, 6.45) is 10.9. The molecule has 3 heterocycles. The van der Waals surface area contributed by atoms with E-state index >= 15 is 0 Å². The SMILES string of the molecule is O=C(c1nc2ncccc2[nH]1)N1CCC[C@H](C2CCCCC2)C1. The number of carbonyl (C=O) groups excluding carboxylic acids is 1. The van der Waals surface area contributed by atoms with Crippen molar-refractivity contribution in [2.24, 2.45) is 11.8 Å². The highest BCUT2D eigenvalue weighted by molar-refractivity contribution is 5.93. The van der Waals surface area contributed by atoms with Crippen LogP contribution in [0.4, 0.5) is 0 Å². The fourth-order valence-corrected chi connectivity index (χ4v) is 4.28. The quantitative estimate of drug-likeness (QED) is 0.924. The summed E-state index contributed by atoms with van der Waals surface area (Å²) >= 11 is 0. The number of imidazole rings is 1. The van der Waals surface area contributed by atoms with Gasteiger partial charge in [0.25, 0.3) is 5.91 Å². The Balaban J connectivity index is 1.48. The number of piperidine rings is 1. The molecule has 0 unspecified atom stereocenters. The Kier molecular flexibility index (Phi) is 4.02. The molecule has 122 valence electrons. The predicted molar refractivity (Wildman–Crippen MR) is 89.1 cm³/mol. The van der Waals surface area contributed by atoms with Gasteiger partial charge in [0.2, 0.25) is 0 Å². The maximum Gasteiger partial charge on any atom is 0.289 e. The number of nitrogens with one attached hydrogen (secondary N) is 1. The summed E-state index contributed by atoms with van der Waals surface area (Å²) < 4.78 is 0. The number of H-pyrrole nitrogens is 1. The van der Waals surface area contributed by atoms with Crippen LogP contribution in [0.2, 0.25) is 0 Å². The van der Waals surface area contributed by atoms with E-state index in [1.165, 1.54) is 38.5 Å². The van der Waals surface area contributed by atoms with Crippen molar-refractivity contribution in [2.45, 2.75) is 44.9 Å². The summed E-state index contributed by atoms with van der Waals surface area (Å²) in [6.45, 7) is 1.75. The molecule has 1 saturated carbocycles. The molecule has 1 saturated heterocycles. The summed E-state index contributed by atoms with van der Waals surface area (Å²) in [5.41, 5.74) is 1.45. The summed E-state index contributed by atoms with van der Waals surface area (Å²) in [7, 11) is 0. The highest BCUT2D eigenvalue weighted by atomic mass is 16.2. The van der Waals surface area contributed by atoms with Gasteiger partial charge in [-0.1, -0.05) is 32.1 Å². The maximum absolute atomic E-state index is 12.8. The number of aromatic amines is 1. The number of aromatic nitrogens is 3. The number of carbonyl (C=O) groups is 1. The van der Waals surface area contributed by atoms with Gasteiger partial charge in [-0.25, -0.2) is 9.97 Å². The third-order valence-corrected chi connectivity index (χ3v) is 5.52. The molecule has 2 aromatic rings. The zero-order valence-corrected chi connectivity index (χ0v) is 13.5. The van der Waals surface area contributed by atoms with Gasteiger partial charge in [-0.15, -0.1) is 0 Å². The molecule has 1 N–H and O–H groups in total. The van der Waals surface area contributed by atoms with Crippen LogP contribution >= 0.6 is 0 Å². The fraction of sp³-hybridized carbons (Fsp3) is 0.611. The molecule has 5 nitrogen and oxygen atoms in total. The van der Waals surface area contributed by atoms with Crippen LogP contribution < -0.4 is 0 Å². The summed E-state index contributed by atoms with van der Waals surface area (Å²) in [5.74, 6) is 1.96. The smallest absolute Gasteiger partial charge is 0.289 e. The lowest BCUT2D eigenvalue weighted by Crippen LogP contribution is -2.42. The van der Waals surface area contributed by atoms with E-state index in [4.69, 9.17) is 0 Å². The maximum atomic E-state index is 12.8. The van der Waals surface area contributed by atoms with Crippen LogP contribution in [0.1, 0.15) is 55.6 Å². The third kappa shape index (κ3) is 2.96. The van der Waals surface area contributed by atoms with Gasteiger partial charge in [-0.2, -0.15) is 0 Å². The van der Waals surface area contributed by atoms with Gasteiger partial charge in [0, 0.05) is 19.3 Å². The van der Waals surface area contributed by atoms with Crippen molar-refractivity contribution in [3.05, 3.63) is 24.2 Å². The zero-order valence-electron chi connectivity index (χ0n) is 13.5. The van der Waals surface area contributed by atoms with Gasteiger partial charge in [0.05, 0.1) is 5.52 Å². The Labute approximate surface area is 136 Å². The monoisotopic (exact) mass is 312 g/mol. The highest BCUT2D eigenvalue weighted by Gasteiger charge is 2.31. The Morgan fingerprint density at radius 1 is 1.13 bits per heavy atom. The fourth-order valence-electron chi connectivity index (χ4n) is 4.28. The van der Waals surface area contributed by atoms with Crippen LogP contribution in [-0.2, 0) is 0 Å². The normalized spacial score (nSPS) is 23.3. The van der Waals surface area contributed by atoms with Crippen molar-refractivity contribution < 1.29 is 4.79 Å². The number of pyridine rings is 1. The van der Waals surface area contributed by atoms with E-state index in [2.05, 4.69) is 15.0 Å². The lowest BCUT2D eigenvalue weighted by molar-refractivity contribution is 0.0590. The summed E-state index contributed by atoms with van der Waals surface area (Å²) in [5, 5.41) is 0. The molecule has 2 aliphatic rings. The average molecular weight is 312 g/mol. The number of hydrogen-bond donors (Lipinski definition) is 1. The van der Waals surface area contributed by atoms with Crippen molar-refractivity contribution in [1.82, 2.24) is 19.9 Å². The van der Waals surface area contributed by atoms with Crippen LogP contribution in [0, 0.1) is 11.8 Å². The van der Waals surface area contributed by atoms with Crippen LogP contribution in [0.25, 0.3) is 11.2 Å². The minimum Gasteiger partial charge on any atom is -0.336 e. The molecular weight excluding hydrogens is 288 g/mol. The number of amides is 1. The van der Waals surface area contributed by atoms with E-state index in [0.717, 1.165) is 30.9 Å². The molecule has 0 spiro atoms. The highest BCUT2D eigenvalue weighted by Crippen LogP contribution is 2.35. The second-order valence-electron chi connectivity index (χ2n) is 7.01. The van der Waals surface area contributed by atoms with E-state index in [1.807, 2.05) is 17.0 Å². The second kappa shape index (κ2) is 6.30. The third-order valence-electron chi connectivity index (χ3n) is 5.52. The molecular formula is C18H24N4O. The molecule has 0 radical (unpaired) electrons. The van der Waals surface area contributed by atoms with Crippen LogP contribution in [-0.4, -0.2) is 38.8 Å². The van der Waals surface area contributed by atoms with Crippen molar-refractivity contribution in [3.63, 3.8) is 0 Å². The van der Waals surface area contributed by atoms with Gasteiger partial charge in [0.1, 0.15) is 0 Å². The first-order chi connectivity index (χ1) is 11.3. The molecule has 23 heavy (non-hydrogen) atoms. The van der Waals surface area contributed by atoms with Crippen molar-refractivity contribution in [3.8, 4) is 0 Å². The number of fused-ring (bicyclic) bond motifs is 1. The topological polar surface area (TPSA) is 61.9 Å². The molecule has 4 rings (SSSR count). The molecule has 2 fully saturated rings. The molecule has 1 aliphatic heterocycles. The number of nitrogens with zero attached hydrogens (tertiary/aromatic N) is 3. The van der Waals surface area contributed by atoms with Crippen LogP contribution in [0.5, 0.6) is 0 Å². The molecule has 1 amide bonds. The number of rotatable bonds is 2. The van der Waals surface area contributed by atoms with Crippen molar-refractivity contribution in [1.29, 1.82) is 0 Å². The van der Waals surface area contributed by atoms with E-state index in [9.17, 15) is 4.79 Å². The lowest BCUT2D eigenvalue weighted by atomic mass is 9.76. The summed E-state index contributed by atoms with van der Waals surface area (Å²) in [6, 6.07) is 3.77. The first-order valence-electron chi connectivity index (χ1n) is 8.91. The van der Waals surface area contributed by atoms with E-state index < -0.39 is 0 Å². The van der Waals surface area contributed by atoms with Gasteiger partial charge in [0.15, 0.2) is 11.5 Å². The molecule has 0 bridgehead atoms. The van der Waals surface area contributed by atoms with Crippen LogP contribution in [0.3, 0.4) is 0 Å². The van der Waals surface area contributed by atoms with Gasteiger partial charge < -0.3 is 9.88 Å². The summed E-state index contributed by atoms with van der Waals surface area (Å²) in [4.78, 5) is 26.5. The van der Waals surface area contributed by atoms with Crippen molar-refractivity contribution >= 4 is 17.1 Å². The average Bonchev–Trinajstić information content (AvgIpc) is 3.06. The largest absolute Gasteiger partial charge is 0.336 e. The second-order valence-corrected chi connectivity index (χ2v) is 7.01. The van der Waals surface area contributed by atoms with E-state index in [1.54, 1.807) is 6.20 Å². The molecule has 5 heteroatoms. The molecule has 0 aromatic carbocycles. The predicted octanol–water partition coefficient (Wildman–Crippen LogP) is 3.39. The van der Waals surface area contributed by atoms with Gasteiger partial charge in [-0.05, 0) is 36.8 Å². The lowest BCUT2D eigenvalue weighted by Gasteiger charge is -2.38. The van der Waals surface area contributed by atoms with E-state index in [-0.39, 0.29) is 5.91 Å². The van der Waals surface area contributed by atoms with Gasteiger partial charge >= 0.3 is 0 Å². The minimum atomic E-state index is 0.0310. The van der Waals surface area contributed by atoms with Crippen molar-refractivity contribution in [2.75, 3.05) is 13.1 Å². The van der Waals surface area contributed by atoms with E-state index in [0.29, 0.717) is 17.4 Å². The Morgan fingerprint density at radius 3 is 2.78 bits per heavy atom. The minimum absolute atomic E-state index is 0.0310. The first-order valence-corrected chi connectivity index (χ1v) is 8.91. The number of hydrogen-bond acceptors (Lipinski definition) is 3. The Bertz CT molecular complexity index is 656. The van der Waals surface area contributed by atoms with Crippen LogP contribution in [0.15, 0.2) is 18.3 Å². The van der Waals surface area contributed by atoms with Gasteiger partial charge in [-0.3, -0.25) is 4.79 Å². The molecule has 1 atom stereocenters. The molecule has 1 aliphatic carbocycles. The Morgan fingerprint density at radius 2 is 1.96 bits per heavy atom. The Hall–Kier alpha value is -1.91.